The third-order valence-corrected chi connectivity index (χ3v) is 4.84. The summed E-state index contributed by atoms with van der Waals surface area (Å²) in [6.07, 6.45) is -2.34. The second-order valence-corrected chi connectivity index (χ2v) is 7.18. The first-order chi connectivity index (χ1) is 15.7. The van der Waals surface area contributed by atoms with E-state index in [0.29, 0.717) is 16.6 Å². The molecule has 1 unspecified atom stereocenters. The zero-order valence-electron chi connectivity index (χ0n) is 17.3. The van der Waals surface area contributed by atoms with E-state index >= 15 is 0 Å². The number of aromatic amines is 1. The molecule has 0 saturated carbocycles. The number of hydrogen-bond acceptors (Lipinski definition) is 6. The number of rotatable bonds is 8. The van der Waals surface area contributed by atoms with Crippen molar-refractivity contribution in [2.45, 2.75) is 12.5 Å². The van der Waals surface area contributed by atoms with Gasteiger partial charge in [0.2, 0.25) is 11.5 Å². The van der Waals surface area contributed by atoms with Crippen LogP contribution in [0, 0.1) is 11.2 Å². The van der Waals surface area contributed by atoms with E-state index in [-0.39, 0.29) is 30.0 Å². The van der Waals surface area contributed by atoms with Crippen LogP contribution in [-0.2, 0) is 9.59 Å². The summed E-state index contributed by atoms with van der Waals surface area (Å²) in [6, 6.07) is 11.2. The molecule has 11 heteroatoms. The first-order valence-corrected chi connectivity index (χ1v) is 9.87. The number of nitrogens with zero attached hydrogens (tertiary/aromatic N) is 1. The Bertz CT molecular complexity index is 1280. The van der Waals surface area contributed by atoms with Gasteiger partial charge in [-0.2, -0.15) is 0 Å². The molecule has 0 aliphatic carbocycles. The Morgan fingerprint density at radius 3 is 2.61 bits per heavy atom. The van der Waals surface area contributed by atoms with E-state index in [2.05, 4.69) is 10.3 Å². The largest absolute Gasteiger partial charge is 0.395 e. The van der Waals surface area contributed by atoms with Crippen molar-refractivity contribution in [2.24, 2.45) is 5.73 Å². The van der Waals surface area contributed by atoms with Gasteiger partial charge in [0, 0.05) is 34.9 Å². The third kappa shape index (κ3) is 5.59. The zero-order valence-corrected chi connectivity index (χ0v) is 17.3. The second kappa shape index (κ2) is 10.0. The number of benzene rings is 2. The number of amidine groups is 1. The molecule has 0 aliphatic rings. The highest BCUT2D eigenvalue weighted by Crippen LogP contribution is 2.21. The summed E-state index contributed by atoms with van der Waals surface area (Å²) in [6.45, 7) is -0.445. The number of aliphatic hydroxyl groups excluding tert-OH is 2. The predicted molar refractivity (Wildman–Crippen MR) is 121 cm³/mol. The maximum Gasteiger partial charge on any atom is 0.253 e. The minimum absolute atomic E-state index is 0.0183. The van der Waals surface area contributed by atoms with E-state index in [1.165, 1.54) is 23.1 Å². The Morgan fingerprint density at radius 2 is 1.94 bits per heavy atom. The van der Waals surface area contributed by atoms with Gasteiger partial charge in [-0.25, -0.2) is 4.39 Å². The smallest absolute Gasteiger partial charge is 0.253 e. The molecule has 0 radical (unpaired) electrons. The summed E-state index contributed by atoms with van der Waals surface area (Å²) < 4.78 is 13.9. The lowest BCUT2D eigenvalue weighted by molar-refractivity contribution is -0.129. The molecule has 3 rings (SSSR count). The molecule has 172 valence electrons. The Hall–Kier alpha value is -4.09. The number of fused-ring (bicyclic) bond motifs is 1. The van der Waals surface area contributed by atoms with Crippen molar-refractivity contribution in [1.82, 2.24) is 4.98 Å². The van der Waals surface area contributed by atoms with Crippen LogP contribution >= 0.6 is 0 Å². The summed E-state index contributed by atoms with van der Waals surface area (Å²) in [4.78, 5) is 40.4. The SMILES string of the molecule is N=C(N)c1ccc(NC(=O)C(O)CC(=O)N(CCO)c2ccc3[nH]c(=O)ccc3c2)cc1F. The highest BCUT2D eigenvalue weighted by atomic mass is 19.1. The van der Waals surface area contributed by atoms with Crippen LogP contribution in [0.2, 0.25) is 0 Å². The molecule has 2 aromatic carbocycles. The molecule has 7 N–H and O–H groups in total. The molecule has 0 bridgehead atoms. The van der Waals surface area contributed by atoms with Crippen LogP contribution in [0.1, 0.15) is 12.0 Å². The minimum atomic E-state index is -1.74. The van der Waals surface area contributed by atoms with E-state index in [1.807, 2.05) is 0 Å². The van der Waals surface area contributed by atoms with Crippen molar-refractivity contribution in [3.05, 3.63) is 70.3 Å². The normalized spacial score (nSPS) is 11.7. The van der Waals surface area contributed by atoms with Crippen molar-refractivity contribution in [1.29, 1.82) is 5.41 Å². The number of aliphatic hydroxyl groups is 2. The van der Waals surface area contributed by atoms with Crippen LogP contribution in [0.15, 0.2) is 53.3 Å². The number of nitrogens with one attached hydrogen (secondary N) is 3. The fraction of sp³-hybridized carbons (Fsp3) is 0.182. The highest BCUT2D eigenvalue weighted by molar-refractivity contribution is 6.02. The predicted octanol–water partition coefficient (Wildman–Crippen LogP) is 0.666. The lowest BCUT2D eigenvalue weighted by Crippen LogP contribution is -2.39. The molecule has 0 aliphatic heterocycles. The monoisotopic (exact) mass is 455 g/mol. The Balaban J connectivity index is 1.72. The summed E-state index contributed by atoms with van der Waals surface area (Å²) in [5.74, 6) is -2.86. The first-order valence-electron chi connectivity index (χ1n) is 9.87. The second-order valence-electron chi connectivity index (χ2n) is 7.18. The van der Waals surface area contributed by atoms with Gasteiger partial charge < -0.3 is 31.1 Å². The van der Waals surface area contributed by atoms with Crippen molar-refractivity contribution in [3.8, 4) is 0 Å². The summed E-state index contributed by atoms with van der Waals surface area (Å²) in [7, 11) is 0. The van der Waals surface area contributed by atoms with Gasteiger partial charge in [-0.1, -0.05) is 0 Å². The van der Waals surface area contributed by atoms with E-state index in [1.54, 1.807) is 24.3 Å². The molecule has 10 nitrogen and oxygen atoms in total. The van der Waals surface area contributed by atoms with Gasteiger partial charge in [-0.15, -0.1) is 0 Å². The maximum absolute atomic E-state index is 13.9. The van der Waals surface area contributed by atoms with Crippen LogP contribution in [0.25, 0.3) is 10.9 Å². The number of halogens is 1. The van der Waals surface area contributed by atoms with Gasteiger partial charge in [0.1, 0.15) is 17.8 Å². The van der Waals surface area contributed by atoms with Gasteiger partial charge >= 0.3 is 0 Å². The lowest BCUT2D eigenvalue weighted by Gasteiger charge is -2.23. The number of aromatic nitrogens is 1. The fourth-order valence-corrected chi connectivity index (χ4v) is 3.21. The molecule has 0 spiro atoms. The van der Waals surface area contributed by atoms with Gasteiger partial charge in [0.25, 0.3) is 5.91 Å². The maximum atomic E-state index is 13.9. The highest BCUT2D eigenvalue weighted by Gasteiger charge is 2.24. The first kappa shape index (κ1) is 23.6. The minimum Gasteiger partial charge on any atom is -0.395 e. The lowest BCUT2D eigenvalue weighted by atomic mass is 10.1. The number of anilines is 2. The number of carbonyl (C=O) groups is 2. The molecule has 1 atom stereocenters. The zero-order chi connectivity index (χ0) is 24.1. The van der Waals surface area contributed by atoms with E-state index < -0.39 is 36.0 Å². The molecule has 1 aromatic heterocycles. The molecule has 3 aromatic rings. The molecule has 2 amide bonds. The van der Waals surface area contributed by atoms with Crippen LogP contribution in [0.4, 0.5) is 15.8 Å². The summed E-state index contributed by atoms with van der Waals surface area (Å²) in [5, 5.41) is 29.8. The quantitative estimate of drug-likeness (QED) is 0.215. The number of hydrogen-bond donors (Lipinski definition) is 6. The fourth-order valence-electron chi connectivity index (χ4n) is 3.21. The van der Waals surface area contributed by atoms with Gasteiger partial charge in [0.15, 0.2) is 0 Å². The number of nitrogens with two attached hydrogens (primary N) is 1. The summed E-state index contributed by atoms with van der Waals surface area (Å²) in [5.41, 5.74) is 5.82. The Morgan fingerprint density at radius 1 is 1.18 bits per heavy atom. The Kier molecular flexibility index (Phi) is 7.16. The van der Waals surface area contributed by atoms with E-state index in [9.17, 15) is 29.0 Å². The van der Waals surface area contributed by atoms with Crippen LogP contribution < -0.4 is 21.5 Å². The number of amides is 2. The topological polar surface area (TPSA) is 173 Å². The Labute approximate surface area is 187 Å². The number of nitrogen functional groups attached to an aromatic ring is 1. The van der Waals surface area contributed by atoms with Crippen molar-refractivity contribution in [2.75, 3.05) is 23.4 Å². The third-order valence-electron chi connectivity index (χ3n) is 4.84. The number of pyridine rings is 1. The molecule has 0 saturated heterocycles. The average molecular weight is 455 g/mol. The standard InChI is InChI=1S/C22H22FN5O5/c23-16-10-13(2-4-15(16)21(24)25)26-22(33)18(30)11-20(32)28(7-8-29)14-3-5-17-12(9-14)1-6-19(31)27-17/h1-6,9-10,18,29-30H,7-8,11H2,(H3,24,25)(H,26,33)(H,27,31). The number of H-pyrrole nitrogens is 1. The molecular formula is C22H22FN5O5. The molecule has 1 heterocycles. The molecule has 0 fully saturated rings. The van der Waals surface area contributed by atoms with E-state index in [0.717, 1.165) is 6.07 Å². The number of carbonyl (C=O) groups excluding carboxylic acids is 2. The van der Waals surface area contributed by atoms with Crippen LogP contribution in [-0.4, -0.2) is 52.1 Å². The van der Waals surface area contributed by atoms with Crippen LogP contribution in [0.3, 0.4) is 0 Å². The average Bonchev–Trinajstić information content (AvgIpc) is 2.76. The molecular weight excluding hydrogens is 433 g/mol. The van der Waals surface area contributed by atoms with Crippen molar-refractivity contribution in [3.63, 3.8) is 0 Å². The molecule has 33 heavy (non-hydrogen) atoms. The summed E-state index contributed by atoms with van der Waals surface area (Å²) >= 11 is 0. The van der Waals surface area contributed by atoms with Crippen molar-refractivity contribution >= 4 is 39.9 Å². The van der Waals surface area contributed by atoms with Gasteiger partial charge in [0.05, 0.1) is 18.6 Å². The van der Waals surface area contributed by atoms with Crippen LogP contribution in [0.5, 0.6) is 0 Å². The van der Waals surface area contributed by atoms with E-state index in [4.69, 9.17) is 11.1 Å². The van der Waals surface area contributed by atoms with Gasteiger partial charge in [-0.05, 0) is 42.5 Å². The van der Waals surface area contributed by atoms with Gasteiger partial charge in [-0.3, -0.25) is 19.8 Å². The van der Waals surface area contributed by atoms with Crippen molar-refractivity contribution < 1.29 is 24.2 Å².